The number of carbonyl (C=O) groups excluding carboxylic acids is 1. The number of hydrogen-bond acceptors (Lipinski definition) is 3. The molecule has 0 aliphatic rings. The minimum absolute atomic E-state index is 0.277. The van der Waals surface area contributed by atoms with Crippen molar-refractivity contribution in [3.05, 3.63) is 0 Å². The summed E-state index contributed by atoms with van der Waals surface area (Å²) in [5.74, 6) is -1.30. The standard InChI is InChI=1S/C10H20N2O3/c1-4-5-6-11-7(2)9(13)12-8(3)10(14)15/h7-8,11H,4-6H2,1-3H3,(H,12,13)(H,14,15)/t7?,8-/m0/s1. The summed E-state index contributed by atoms with van der Waals surface area (Å²) in [6.45, 7) is 6.00. The highest BCUT2D eigenvalue weighted by atomic mass is 16.4. The van der Waals surface area contributed by atoms with Crippen LogP contribution in [0.3, 0.4) is 0 Å². The van der Waals surface area contributed by atoms with Crippen molar-refractivity contribution in [2.75, 3.05) is 6.54 Å². The van der Waals surface area contributed by atoms with E-state index in [1.54, 1.807) is 6.92 Å². The van der Waals surface area contributed by atoms with Gasteiger partial charge in [-0.1, -0.05) is 13.3 Å². The first-order valence-corrected chi connectivity index (χ1v) is 5.25. The minimum atomic E-state index is -1.02. The van der Waals surface area contributed by atoms with Gasteiger partial charge in [-0.05, 0) is 26.8 Å². The molecule has 0 aliphatic carbocycles. The molecule has 0 rings (SSSR count). The van der Waals surface area contributed by atoms with Gasteiger partial charge in [-0.3, -0.25) is 9.59 Å². The maximum atomic E-state index is 11.4. The average molecular weight is 216 g/mol. The van der Waals surface area contributed by atoms with E-state index in [0.29, 0.717) is 0 Å². The first-order chi connectivity index (χ1) is 6.99. The fourth-order valence-corrected chi connectivity index (χ4v) is 0.988. The van der Waals surface area contributed by atoms with E-state index < -0.39 is 12.0 Å². The van der Waals surface area contributed by atoms with E-state index >= 15 is 0 Å². The summed E-state index contributed by atoms with van der Waals surface area (Å²) in [6, 6.07) is -1.19. The van der Waals surface area contributed by atoms with E-state index in [9.17, 15) is 9.59 Å². The van der Waals surface area contributed by atoms with Crippen molar-refractivity contribution in [3.63, 3.8) is 0 Å². The zero-order valence-electron chi connectivity index (χ0n) is 9.54. The molecule has 2 atom stereocenters. The molecule has 0 saturated carbocycles. The lowest BCUT2D eigenvalue weighted by atomic mass is 10.2. The minimum Gasteiger partial charge on any atom is -0.480 e. The Bertz CT molecular complexity index is 219. The van der Waals surface area contributed by atoms with Crippen LogP contribution in [0.4, 0.5) is 0 Å². The molecule has 0 bridgehead atoms. The molecule has 0 aromatic carbocycles. The Morgan fingerprint density at radius 1 is 1.27 bits per heavy atom. The molecule has 0 spiro atoms. The van der Waals surface area contributed by atoms with Crippen molar-refractivity contribution in [1.82, 2.24) is 10.6 Å². The molecule has 1 unspecified atom stereocenters. The molecule has 0 aromatic rings. The molecule has 0 saturated heterocycles. The average Bonchev–Trinajstić information content (AvgIpc) is 2.17. The van der Waals surface area contributed by atoms with Gasteiger partial charge in [0.2, 0.25) is 5.91 Å². The van der Waals surface area contributed by atoms with E-state index in [1.807, 2.05) is 0 Å². The number of carbonyl (C=O) groups is 2. The third kappa shape index (κ3) is 6.06. The molecule has 1 amide bonds. The summed E-state index contributed by atoms with van der Waals surface area (Å²) in [7, 11) is 0. The number of carboxylic acid groups (broad SMARTS) is 1. The van der Waals surface area contributed by atoms with E-state index in [1.165, 1.54) is 6.92 Å². The van der Waals surface area contributed by atoms with E-state index in [2.05, 4.69) is 17.6 Å². The Morgan fingerprint density at radius 2 is 1.87 bits per heavy atom. The predicted octanol–water partition coefficient (Wildman–Crippen LogP) is 0.354. The van der Waals surface area contributed by atoms with Gasteiger partial charge >= 0.3 is 5.97 Å². The lowest BCUT2D eigenvalue weighted by Crippen LogP contribution is -2.48. The highest BCUT2D eigenvalue weighted by Crippen LogP contribution is 1.89. The Balaban J connectivity index is 3.83. The van der Waals surface area contributed by atoms with Crippen molar-refractivity contribution in [1.29, 1.82) is 0 Å². The van der Waals surface area contributed by atoms with Crippen LogP contribution in [0.2, 0.25) is 0 Å². The third-order valence-electron chi connectivity index (χ3n) is 2.10. The smallest absolute Gasteiger partial charge is 0.325 e. The number of rotatable bonds is 7. The Hall–Kier alpha value is -1.10. The summed E-state index contributed by atoms with van der Waals surface area (Å²) in [6.07, 6.45) is 2.07. The number of aliphatic carboxylic acids is 1. The summed E-state index contributed by atoms with van der Waals surface area (Å²) in [4.78, 5) is 21.9. The van der Waals surface area contributed by atoms with Crippen molar-refractivity contribution in [2.45, 2.75) is 45.7 Å². The molecule has 0 heterocycles. The fraction of sp³-hybridized carbons (Fsp3) is 0.800. The van der Waals surface area contributed by atoms with Gasteiger partial charge in [0.05, 0.1) is 6.04 Å². The molecule has 0 aromatic heterocycles. The molecule has 0 aliphatic heterocycles. The van der Waals surface area contributed by atoms with Gasteiger partial charge in [0.15, 0.2) is 0 Å². The number of hydrogen-bond donors (Lipinski definition) is 3. The normalized spacial score (nSPS) is 14.3. The van der Waals surface area contributed by atoms with Gasteiger partial charge in [-0.2, -0.15) is 0 Å². The number of unbranched alkanes of at least 4 members (excludes halogenated alkanes) is 1. The fourth-order valence-electron chi connectivity index (χ4n) is 0.988. The molecule has 15 heavy (non-hydrogen) atoms. The molecule has 3 N–H and O–H groups in total. The van der Waals surface area contributed by atoms with E-state index in [4.69, 9.17) is 5.11 Å². The third-order valence-corrected chi connectivity index (χ3v) is 2.10. The predicted molar refractivity (Wildman–Crippen MR) is 57.6 cm³/mol. The lowest BCUT2D eigenvalue weighted by molar-refractivity contribution is -0.141. The second-order valence-corrected chi connectivity index (χ2v) is 3.60. The quantitative estimate of drug-likeness (QED) is 0.537. The van der Waals surface area contributed by atoms with Crippen molar-refractivity contribution < 1.29 is 14.7 Å². The van der Waals surface area contributed by atoms with Crippen LogP contribution >= 0.6 is 0 Å². The van der Waals surface area contributed by atoms with E-state index in [0.717, 1.165) is 19.4 Å². The summed E-state index contributed by atoms with van der Waals surface area (Å²) < 4.78 is 0. The van der Waals surface area contributed by atoms with Crippen molar-refractivity contribution in [2.24, 2.45) is 0 Å². The maximum Gasteiger partial charge on any atom is 0.325 e. The number of nitrogens with one attached hydrogen (secondary N) is 2. The van der Waals surface area contributed by atoms with Crippen molar-refractivity contribution in [3.8, 4) is 0 Å². The molecule has 0 fully saturated rings. The highest BCUT2D eigenvalue weighted by molar-refractivity contribution is 5.86. The topological polar surface area (TPSA) is 78.4 Å². The Morgan fingerprint density at radius 3 is 2.33 bits per heavy atom. The van der Waals surface area contributed by atoms with Gasteiger partial charge in [0.25, 0.3) is 0 Å². The van der Waals surface area contributed by atoms with Gasteiger partial charge in [-0.15, -0.1) is 0 Å². The Labute approximate surface area is 90.2 Å². The zero-order chi connectivity index (χ0) is 11.8. The second kappa shape index (κ2) is 7.23. The Kier molecular flexibility index (Phi) is 6.70. The van der Waals surface area contributed by atoms with Crippen LogP contribution in [0.25, 0.3) is 0 Å². The SMILES string of the molecule is CCCCNC(C)C(=O)N[C@@H](C)C(=O)O. The van der Waals surface area contributed by atoms with Crippen LogP contribution in [0, 0.1) is 0 Å². The van der Waals surface area contributed by atoms with Crippen LogP contribution in [-0.4, -0.2) is 35.6 Å². The molecular formula is C10H20N2O3. The van der Waals surface area contributed by atoms with Crippen LogP contribution in [0.5, 0.6) is 0 Å². The van der Waals surface area contributed by atoms with Crippen LogP contribution in [0.15, 0.2) is 0 Å². The van der Waals surface area contributed by atoms with Gasteiger partial charge in [-0.25, -0.2) is 0 Å². The van der Waals surface area contributed by atoms with Gasteiger partial charge < -0.3 is 15.7 Å². The largest absolute Gasteiger partial charge is 0.480 e. The van der Waals surface area contributed by atoms with Crippen LogP contribution < -0.4 is 10.6 Å². The summed E-state index contributed by atoms with van der Waals surface area (Å²) >= 11 is 0. The maximum absolute atomic E-state index is 11.4. The number of carboxylic acids is 1. The first-order valence-electron chi connectivity index (χ1n) is 5.25. The van der Waals surface area contributed by atoms with Crippen LogP contribution in [0.1, 0.15) is 33.6 Å². The molecule has 88 valence electrons. The summed E-state index contributed by atoms with van der Waals surface area (Å²) in [5.41, 5.74) is 0. The van der Waals surface area contributed by atoms with Gasteiger partial charge in [0.1, 0.15) is 6.04 Å². The van der Waals surface area contributed by atoms with Gasteiger partial charge in [0, 0.05) is 0 Å². The first kappa shape index (κ1) is 13.9. The highest BCUT2D eigenvalue weighted by Gasteiger charge is 2.17. The lowest BCUT2D eigenvalue weighted by Gasteiger charge is -2.15. The molecular weight excluding hydrogens is 196 g/mol. The zero-order valence-corrected chi connectivity index (χ0v) is 9.54. The molecule has 5 nitrogen and oxygen atoms in total. The van der Waals surface area contributed by atoms with E-state index in [-0.39, 0.29) is 11.9 Å². The molecule has 0 radical (unpaired) electrons. The van der Waals surface area contributed by atoms with Crippen LogP contribution in [-0.2, 0) is 9.59 Å². The second-order valence-electron chi connectivity index (χ2n) is 3.60. The molecule has 5 heteroatoms. The summed E-state index contributed by atoms with van der Waals surface area (Å²) in [5, 5.41) is 14.0. The number of amides is 1. The van der Waals surface area contributed by atoms with Crippen molar-refractivity contribution >= 4 is 11.9 Å². The monoisotopic (exact) mass is 216 g/mol.